The summed E-state index contributed by atoms with van der Waals surface area (Å²) in [5, 5.41) is 0. The molecule has 4 saturated carbocycles. The number of carbonyl (C=O) groups is 1. The van der Waals surface area contributed by atoms with Gasteiger partial charge >= 0.3 is 0 Å². The maximum atomic E-state index is 11.9. The number of hydrogen-bond donors (Lipinski definition) is 0. The van der Waals surface area contributed by atoms with Crippen LogP contribution in [0.3, 0.4) is 0 Å². The second kappa shape index (κ2) is 5.90. The molecular weight excluding hydrogens is 276 g/mol. The largest absolute Gasteiger partial charge is 0.349 e. The molecule has 3 nitrogen and oxygen atoms in total. The van der Waals surface area contributed by atoms with Crippen molar-refractivity contribution in [2.75, 3.05) is 6.79 Å². The molecule has 0 spiro atoms. The molecule has 2 unspecified atom stereocenters. The molecule has 0 heterocycles. The van der Waals surface area contributed by atoms with Gasteiger partial charge in [0.2, 0.25) is 0 Å². The minimum atomic E-state index is -0.0454. The van der Waals surface area contributed by atoms with E-state index < -0.39 is 0 Å². The summed E-state index contributed by atoms with van der Waals surface area (Å²) in [6.07, 6.45) is 15.1. The lowest BCUT2D eigenvalue weighted by Crippen LogP contribution is -2.47. The van der Waals surface area contributed by atoms with Crippen molar-refractivity contribution in [3.8, 4) is 0 Å². The first kappa shape index (κ1) is 15.1. The smallest absolute Gasteiger partial charge is 0.148 e. The van der Waals surface area contributed by atoms with E-state index in [2.05, 4.69) is 0 Å². The fraction of sp³-hybridized carbons (Fsp3) is 0.947. The van der Waals surface area contributed by atoms with Crippen LogP contribution in [0.15, 0.2) is 0 Å². The summed E-state index contributed by atoms with van der Waals surface area (Å²) in [5.41, 5.74) is 0.0760. The van der Waals surface area contributed by atoms with Crippen LogP contribution in [0.1, 0.15) is 83.5 Å². The van der Waals surface area contributed by atoms with Crippen LogP contribution in [0, 0.1) is 11.8 Å². The number of fused-ring (bicyclic) bond motifs is 4. The Morgan fingerprint density at radius 1 is 0.864 bits per heavy atom. The van der Waals surface area contributed by atoms with Crippen LogP contribution in [0.4, 0.5) is 0 Å². The third kappa shape index (κ3) is 2.87. The summed E-state index contributed by atoms with van der Waals surface area (Å²) in [6.45, 7) is 0.452. The number of ketones is 1. The molecule has 124 valence electrons. The van der Waals surface area contributed by atoms with Crippen molar-refractivity contribution >= 4 is 5.78 Å². The van der Waals surface area contributed by atoms with Crippen LogP contribution < -0.4 is 0 Å². The highest BCUT2D eigenvalue weighted by Gasteiger charge is 2.45. The standard InChI is InChI=1S/C19H30O3/c20-17-7-11-19(10-3-6-16(17)13-19)22-14-21-18-8-1-4-15(12-18)5-2-9-18/h15-16H,1-14H2. The van der Waals surface area contributed by atoms with Crippen molar-refractivity contribution in [3.63, 3.8) is 0 Å². The third-order valence-corrected chi connectivity index (χ3v) is 6.97. The Balaban J connectivity index is 1.33. The normalized spacial score (nSPS) is 44.8. The van der Waals surface area contributed by atoms with Crippen molar-refractivity contribution in [1.29, 1.82) is 0 Å². The van der Waals surface area contributed by atoms with Crippen LogP contribution in [0.5, 0.6) is 0 Å². The van der Waals surface area contributed by atoms with Gasteiger partial charge in [0.05, 0.1) is 11.2 Å². The van der Waals surface area contributed by atoms with Gasteiger partial charge in [0.25, 0.3) is 0 Å². The second-order valence-electron chi connectivity index (χ2n) is 8.39. The Morgan fingerprint density at radius 3 is 2.23 bits per heavy atom. The molecule has 4 rings (SSSR count). The highest BCUT2D eigenvalue weighted by molar-refractivity contribution is 5.82. The molecule has 4 aliphatic rings. The molecular formula is C19H30O3. The fourth-order valence-corrected chi connectivity index (χ4v) is 5.70. The molecule has 0 aromatic carbocycles. The number of rotatable bonds is 4. The highest BCUT2D eigenvalue weighted by Crippen LogP contribution is 2.46. The third-order valence-electron chi connectivity index (χ3n) is 6.97. The quantitative estimate of drug-likeness (QED) is 0.723. The van der Waals surface area contributed by atoms with Crippen molar-refractivity contribution in [3.05, 3.63) is 0 Å². The first-order valence-corrected chi connectivity index (χ1v) is 9.49. The average Bonchev–Trinajstić information content (AvgIpc) is 2.52. The lowest BCUT2D eigenvalue weighted by Gasteiger charge is -2.47. The SMILES string of the molecule is O=C1CCC2(OCOC34CCCC(CCC3)C4)CCCC1C2. The Hall–Kier alpha value is -0.410. The maximum Gasteiger partial charge on any atom is 0.148 e. The molecule has 2 atom stereocenters. The van der Waals surface area contributed by atoms with Crippen molar-refractivity contribution < 1.29 is 14.3 Å². The monoisotopic (exact) mass is 306 g/mol. The van der Waals surface area contributed by atoms with Crippen LogP contribution in [0.2, 0.25) is 0 Å². The molecule has 0 N–H and O–H groups in total. The molecule has 0 amide bonds. The number of Topliss-reactive ketones (excluding diaryl/α,β-unsaturated/α-hetero) is 1. The molecule has 0 radical (unpaired) electrons. The van der Waals surface area contributed by atoms with Gasteiger partial charge in [0, 0.05) is 12.3 Å². The number of carbonyl (C=O) groups excluding carboxylic acids is 1. The predicted octanol–water partition coefficient (Wildman–Crippen LogP) is 4.38. The Bertz CT molecular complexity index is 422. The molecule has 4 aliphatic carbocycles. The zero-order valence-corrected chi connectivity index (χ0v) is 13.8. The van der Waals surface area contributed by atoms with Crippen molar-refractivity contribution in [2.45, 2.75) is 94.7 Å². The Morgan fingerprint density at radius 2 is 1.50 bits per heavy atom. The van der Waals surface area contributed by atoms with Crippen molar-refractivity contribution in [1.82, 2.24) is 0 Å². The van der Waals surface area contributed by atoms with E-state index in [1.165, 1.54) is 44.9 Å². The minimum absolute atomic E-state index is 0.0454. The van der Waals surface area contributed by atoms with Gasteiger partial charge < -0.3 is 9.47 Å². The van der Waals surface area contributed by atoms with Gasteiger partial charge in [-0.05, 0) is 57.3 Å². The molecule has 0 aromatic heterocycles. The average molecular weight is 306 g/mol. The van der Waals surface area contributed by atoms with Gasteiger partial charge in [-0.1, -0.05) is 25.7 Å². The molecule has 4 bridgehead atoms. The van der Waals surface area contributed by atoms with Crippen molar-refractivity contribution in [2.24, 2.45) is 11.8 Å². The summed E-state index contributed by atoms with van der Waals surface area (Å²) in [4.78, 5) is 11.9. The summed E-state index contributed by atoms with van der Waals surface area (Å²) < 4.78 is 12.7. The minimum Gasteiger partial charge on any atom is -0.349 e. The van der Waals surface area contributed by atoms with Gasteiger partial charge in [0.1, 0.15) is 12.6 Å². The first-order valence-electron chi connectivity index (χ1n) is 9.49. The molecule has 3 heteroatoms. The number of ether oxygens (including phenoxy) is 2. The van der Waals surface area contributed by atoms with Gasteiger partial charge in [-0.15, -0.1) is 0 Å². The van der Waals surface area contributed by atoms with E-state index in [9.17, 15) is 4.79 Å². The van der Waals surface area contributed by atoms with E-state index in [4.69, 9.17) is 9.47 Å². The van der Waals surface area contributed by atoms with Crippen LogP contribution in [0.25, 0.3) is 0 Å². The Kier molecular flexibility index (Phi) is 4.06. The second-order valence-corrected chi connectivity index (χ2v) is 8.39. The van der Waals surface area contributed by atoms with Gasteiger partial charge in [-0.2, -0.15) is 0 Å². The van der Waals surface area contributed by atoms with Crippen LogP contribution >= 0.6 is 0 Å². The lowest BCUT2D eigenvalue weighted by molar-refractivity contribution is -0.227. The van der Waals surface area contributed by atoms with E-state index in [0.717, 1.165) is 44.4 Å². The molecule has 22 heavy (non-hydrogen) atoms. The molecule has 4 fully saturated rings. The predicted molar refractivity (Wildman–Crippen MR) is 84.5 cm³/mol. The van der Waals surface area contributed by atoms with Crippen LogP contribution in [-0.2, 0) is 14.3 Å². The van der Waals surface area contributed by atoms with Gasteiger partial charge in [-0.3, -0.25) is 4.79 Å². The van der Waals surface area contributed by atoms with E-state index in [1.54, 1.807) is 0 Å². The fourth-order valence-electron chi connectivity index (χ4n) is 5.70. The lowest BCUT2D eigenvalue weighted by atomic mass is 9.68. The zero-order valence-electron chi connectivity index (χ0n) is 13.8. The first-order chi connectivity index (χ1) is 10.7. The summed E-state index contributed by atoms with van der Waals surface area (Å²) >= 11 is 0. The molecule has 0 aromatic rings. The van der Waals surface area contributed by atoms with E-state index in [1.807, 2.05) is 0 Å². The highest BCUT2D eigenvalue weighted by atomic mass is 16.7. The zero-order chi connectivity index (χ0) is 15.0. The van der Waals surface area contributed by atoms with E-state index in [0.29, 0.717) is 12.6 Å². The molecule has 0 saturated heterocycles. The van der Waals surface area contributed by atoms with Gasteiger partial charge in [-0.25, -0.2) is 0 Å². The maximum absolute atomic E-state index is 11.9. The topological polar surface area (TPSA) is 35.5 Å². The van der Waals surface area contributed by atoms with E-state index in [-0.39, 0.29) is 17.1 Å². The van der Waals surface area contributed by atoms with Crippen LogP contribution in [-0.4, -0.2) is 23.8 Å². The molecule has 0 aliphatic heterocycles. The van der Waals surface area contributed by atoms with Gasteiger partial charge in [0.15, 0.2) is 0 Å². The summed E-state index contributed by atoms with van der Waals surface area (Å²) in [7, 11) is 0. The summed E-state index contributed by atoms with van der Waals surface area (Å²) in [5.74, 6) is 1.64. The number of hydrogen-bond acceptors (Lipinski definition) is 3. The summed E-state index contributed by atoms with van der Waals surface area (Å²) in [6, 6.07) is 0. The Labute approximate surface area is 134 Å². The van der Waals surface area contributed by atoms with E-state index >= 15 is 0 Å².